The number of hydrogen-bond acceptors (Lipinski definition) is 4. The molecule has 0 spiro atoms. The normalized spacial score (nSPS) is 11.1. The Labute approximate surface area is 172 Å². The van der Waals surface area contributed by atoms with Crippen LogP contribution in [0, 0.1) is 0 Å². The van der Waals surface area contributed by atoms with Gasteiger partial charge in [-0.25, -0.2) is 4.98 Å². The Morgan fingerprint density at radius 1 is 1.14 bits per heavy atom. The van der Waals surface area contributed by atoms with Crippen molar-refractivity contribution >= 4 is 33.2 Å². The van der Waals surface area contributed by atoms with E-state index in [4.69, 9.17) is 16.3 Å². The molecule has 0 saturated heterocycles. The fourth-order valence-electron chi connectivity index (χ4n) is 3.05. The average Bonchev–Trinajstić information content (AvgIpc) is 3.15. The molecule has 4 nitrogen and oxygen atoms in total. The van der Waals surface area contributed by atoms with Crippen molar-refractivity contribution in [1.29, 1.82) is 0 Å². The zero-order valence-electron chi connectivity index (χ0n) is 15.4. The van der Waals surface area contributed by atoms with E-state index in [1.165, 1.54) is 11.3 Å². The van der Waals surface area contributed by atoms with Crippen molar-refractivity contribution in [3.63, 3.8) is 0 Å². The number of benzene rings is 2. The molecule has 4 rings (SSSR count). The van der Waals surface area contributed by atoms with Gasteiger partial charge in [-0.05, 0) is 35.7 Å². The number of halogens is 1. The molecule has 0 aliphatic carbocycles. The number of hydrogen-bond donors (Lipinski definition) is 0. The molecule has 0 aliphatic rings. The first-order chi connectivity index (χ1) is 13.7. The molecule has 0 radical (unpaired) electrons. The van der Waals surface area contributed by atoms with Crippen LogP contribution in [0.15, 0.2) is 65.0 Å². The number of thiophene rings is 1. The molecule has 142 valence electrons. The summed E-state index contributed by atoms with van der Waals surface area (Å²) < 4.78 is 7.26. The summed E-state index contributed by atoms with van der Waals surface area (Å²) in [6, 6.07) is 15.4. The van der Waals surface area contributed by atoms with Crippen LogP contribution >= 0.6 is 22.9 Å². The van der Waals surface area contributed by atoms with Crippen LogP contribution in [0.2, 0.25) is 5.02 Å². The van der Waals surface area contributed by atoms with Crippen LogP contribution in [0.4, 0.5) is 0 Å². The van der Waals surface area contributed by atoms with Crippen molar-refractivity contribution in [1.82, 2.24) is 9.55 Å². The van der Waals surface area contributed by atoms with E-state index in [0.29, 0.717) is 23.6 Å². The molecular weight excluding hydrogens is 392 g/mol. The number of fused-ring (bicyclic) bond motifs is 1. The molecule has 0 atom stereocenters. The van der Waals surface area contributed by atoms with Crippen LogP contribution in [-0.2, 0) is 6.54 Å². The van der Waals surface area contributed by atoms with E-state index in [0.717, 1.165) is 33.7 Å². The molecule has 0 fully saturated rings. The summed E-state index contributed by atoms with van der Waals surface area (Å²) in [5, 5.41) is 3.27. The van der Waals surface area contributed by atoms with E-state index < -0.39 is 0 Å². The summed E-state index contributed by atoms with van der Waals surface area (Å²) >= 11 is 7.73. The van der Waals surface area contributed by atoms with Gasteiger partial charge in [0.05, 0.1) is 24.9 Å². The largest absolute Gasteiger partial charge is 0.494 e. The molecule has 0 unspecified atom stereocenters. The van der Waals surface area contributed by atoms with Crippen molar-refractivity contribution in [2.45, 2.75) is 19.9 Å². The van der Waals surface area contributed by atoms with Gasteiger partial charge in [0.15, 0.2) is 0 Å². The lowest BCUT2D eigenvalue weighted by Gasteiger charge is -2.08. The van der Waals surface area contributed by atoms with Crippen LogP contribution in [0.1, 0.15) is 18.9 Å². The smallest absolute Gasteiger partial charge is 0.263 e. The van der Waals surface area contributed by atoms with Crippen molar-refractivity contribution in [3.05, 3.63) is 81.2 Å². The Morgan fingerprint density at radius 2 is 1.93 bits per heavy atom. The molecule has 0 amide bonds. The highest BCUT2D eigenvalue weighted by Gasteiger charge is 2.14. The van der Waals surface area contributed by atoms with Gasteiger partial charge in [-0.3, -0.25) is 9.36 Å². The Balaban J connectivity index is 1.73. The van der Waals surface area contributed by atoms with Gasteiger partial charge in [0.25, 0.3) is 5.56 Å². The maximum atomic E-state index is 13.2. The summed E-state index contributed by atoms with van der Waals surface area (Å²) in [6.07, 6.45) is 2.56. The minimum absolute atomic E-state index is 0.0625. The first-order valence-corrected chi connectivity index (χ1v) is 10.4. The van der Waals surface area contributed by atoms with Gasteiger partial charge >= 0.3 is 0 Å². The predicted octanol–water partition coefficient (Wildman–Crippen LogP) is 5.62. The Bertz CT molecular complexity index is 1170. The van der Waals surface area contributed by atoms with Crippen LogP contribution < -0.4 is 10.3 Å². The lowest BCUT2D eigenvalue weighted by Crippen LogP contribution is -2.21. The highest BCUT2D eigenvalue weighted by Crippen LogP contribution is 2.31. The highest BCUT2D eigenvalue weighted by atomic mass is 35.5. The fourth-order valence-corrected chi connectivity index (χ4v) is 4.16. The maximum Gasteiger partial charge on any atom is 0.263 e. The zero-order valence-corrected chi connectivity index (χ0v) is 17.0. The third-order valence-electron chi connectivity index (χ3n) is 4.50. The van der Waals surface area contributed by atoms with Gasteiger partial charge in [-0.15, -0.1) is 11.3 Å². The third-order valence-corrected chi connectivity index (χ3v) is 5.75. The van der Waals surface area contributed by atoms with Gasteiger partial charge in [-0.2, -0.15) is 0 Å². The third kappa shape index (κ3) is 3.68. The van der Waals surface area contributed by atoms with Gasteiger partial charge in [-0.1, -0.05) is 48.9 Å². The van der Waals surface area contributed by atoms with E-state index >= 15 is 0 Å². The zero-order chi connectivity index (χ0) is 19.5. The molecule has 6 heteroatoms. The molecular formula is C22H19ClN2O2S. The summed E-state index contributed by atoms with van der Waals surface area (Å²) in [7, 11) is 0. The molecule has 2 heterocycles. The number of rotatable bonds is 6. The van der Waals surface area contributed by atoms with Crippen molar-refractivity contribution in [3.8, 4) is 16.9 Å². The van der Waals surface area contributed by atoms with Crippen LogP contribution in [-0.4, -0.2) is 16.2 Å². The summed E-state index contributed by atoms with van der Waals surface area (Å²) in [5.74, 6) is 0.833. The first-order valence-electron chi connectivity index (χ1n) is 9.10. The predicted molar refractivity (Wildman–Crippen MR) is 116 cm³/mol. The van der Waals surface area contributed by atoms with E-state index in [9.17, 15) is 4.79 Å². The minimum atomic E-state index is -0.0625. The molecule has 4 aromatic rings. The Hall–Kier alpha value is -2.63. The van der Waals surface area contributed by atoms with E-state index in [-0.39, 0.29) is 5.56 Å². The number of aromatic nitrogens is 2. The first kappa shape index (κ1) is 18.7. The highest BCUT2D eigenvalue weighted by molar-refractivity contribution is 7.17. The van der Waals surface area contributed by atoms with E-state index in [1.807, 2.05) is 53.9 Å². The van der Waals surface area contributed by atoms with E-state index in [2.05, 4.69) is 11.9 Å². The standard InChI is InChI=1S/C22H19ClN2O2S/c1-2-11-27-17-9-7-15(8-10-17)18-13-28-21-20(18)22(26)25(14-24-21)12-16-5-3-4-6-19(16)23/h3-10,13-14H,2,11-12H2,1H3. The van der Waals surface area contributed by atoms with Crippen LogP contribution in [0.3, 0.4) is 0 Å². The number of ether oxygens (including phenoxy) is 1. The quantitative estimate of drug-likeness (QED) is 0.414. The molecule has 2 aromatic carbocycles. The lowest BCUT2D eigenvalue weighted by molar-refractivity contribution is 0.317. The second-order valence-electron chi connectivity index (χ2n) is 6.47. The summed E-state index contributed by atoms with van der Waals surface area (Å²) in [6.45, 7) is 3.16. The topological polar surface area (TPSA) is 44.1 Å². The molecule has 0 bridgehead atoms. The van der Waals surface area contributed by atoms with Crippen molar-refractivity contribution in [2.24, 2.45) is 0 Å². The maximum absolute atomic E-state index is 13.2. The van der Waals surface area contributed by atoms with E-state index in [1.54, 1.807) is 10.9 Å². The second kappa shape index (κ2) is 8.17. The van der Waals surface area contributed by atoms with Crippen LogP contribution in [0.25, 0.3) is 21.3 Å². The molecule has 0 N–H and O–H groups in total. The van der Waals surface area contributed by atoms with Gasteiger partial charge < -0.3 is 4.74 Å². The molecule has 28 heavy (non-hydrogen) atoms. The average molecular weight is 411 g/mol. The molecule has 2 aromatic heterocycles. The summed E-state index contributed by atoms with van der Waals surface area (Å²) in [4.78, 5) is 18.4. The lowest BCUT2D eigenvalue weighted by atomic mass is 10.1. The minimum Gasteiger partial charge on any atom is -0.494 e. The van der Waals surface area contributed by atoms with Gasteiger partial charge in [0.2, 0.25) is 0 Å². The van der Waals surface area contributed by atoms with Gasteiger partial charge in [0, 0.05) is 16.0 Å². The van der Waals surface area contributed by atoms with Crippen LogP contribution in [0.5, 0.6) is 5.75 Å². The Kier molecular flexibility index (Phi) is 5.46. The van der Waals surface area contributed by atoms with Gasteiger partial charge in [0.1, 0.15) is 10.6 Å². The molecule has 0 aliphatic heterocycles. The van der Waals surface area contributed by atoms with Crippen molar-refractivity contribution in [2.75, 3.05) is 6.61 Å². The summed E-state index contributed by atoms with van der Waals surface area (Å²) in [5.41, 5.74) is 2.70. The Morgan fingerprint density at radius 3 is 2.68 bits per heavy atom. The van der Waals surface area contributed by atoms with Crippen molar-refractivity contribution < 1.29 is 4.74 Å². The fraction of sp³-hybridized carbons (Fsp3) is 0.182. The monoisotopic (exact) mass is 410 g/mol. The number of nitrogens with zero attached hydrogens (tertiary/aromatic N) is 2. The molecule has 0 saturated carbocycles. The second-order valence-corrected chi connectivity index (χ2v) is 7.74. The SMILES string of the molecule is CCCOc1ccc(-c2csc3ncn(Cc4ccccc4Cl)c(=O)c23)cc1.